The lowest BCUT2D eigenvalue weighted by molar-refractivity contribution is 0.515. The van der Waals surface area contributed by atoms with Crippen molar-refractivity contribution < 1.29 is 0 Å². The quantitative estimate of drug-likeness (QED) is 0.583. The largest absolute Gasteiger partial charge is 0.151 e. The molecular weight excluding hydrogens is 152 g/mol. The van der Waals surface area contributed by atoms with Crippen molar-refractivity contribution in [2.75, 3.05) is 0 Å². The molecule has 1 heteroatoms. The van der Waals surface area contributed by atoms with Crippen LogP contribution in [0.3, 0.4) is 0 Å². The molecule has 0 radical (unpaired) electrons. The average Bonchev–Trinajstić information content (AvgIpc) is 2.06. The lowest BCUT2D eigenvalue weighted by Gasteiger charge is -2.22. The highest BCUT2D eigenvalue weighted by Crippen LogP contribution is 2.30. The third-order valence-electron chi connectivity index (χ3n) is 2.29. The van der Waals surface area contributed by atoms with Gasteiger partial charge in [0, 0.05) is 10.5 Å². The molecule has 0 spiro atoms. The smallest absolute Gasteiger partial charge is 0.0198 e. The van der Waals surface area contributed by atoms with E-state index in [1.807, 2.05) is 0 Å². The van der Waals surface area contributed by atoms with Gasteiger partial charge in [-0.15, -0.1) is 6.58 Å². The lowest BCUT2D eigenvalue weighted by Crippen LogP contribution is -2.10. The summed E-state index contributed by atoms with van der Waals surface area (Å²) in [6.45, 7) is 6.05. The van der Waals surface area contributed by atoms with Gasteiger partial charge in [-0.3, -0.25) is 0 Å². The predicted octanol–water partition coefficient (Wildman–Crippen LogP) is 3.63. The molecule has 1 fully saturated rings. The van der Waals surface area contributed by atoms with Crippen LogP contribution in [0.4, 0.5) is 0 Å². The molecule has 0 bridgehead atoms. The van der Waals surface area contributed by atoms with Crippen LogP contribution in [0.2, 0.25) is 0 Å². The molecule has 0 nitrogen and oxygen atoms in total. The van der Waals surface area contributed by atoms with Crippen LogP contribution in [-0.4, -0.2) is 10.5 Å². The Morgan fingerprint density at radius 2 is 2.00 bits per heavy atom. The van der Waals surface area contributed by atoms with E-state index in [4.69, 9.17) is 0 Å². The van der Waals surface area contributed by atoms with Gasteiger partial charge in [0.15, 0.2) is 0 Å². The number of hydrogen-bond donors (Lipinski definition) is 0. The minimum Gasteiger partial charge on any atom is -0.151 e. The summed E-state index contributed by atoms with van der Waals surface area (Å²) < 4.78 is 0. The second kappa shape index (κ2) is 4.87. The fourth-order valence-corrected chi connectivity index (χ4v) is 2.88. The molecule has 0 amide bonds. The van der Waals surface area contributed by atoms with Crippen molar-refractivity contribution in [2.45, 2.75) is 49.5 Å². The highest BCUT2D eigenvalue weighted by atomic mass is 32.2. The molecule has 0 saturated heterocycles. The number of thioether (sulfide) groups is 1. The van der Waals surface area contributed by atoms with Gasteiger partial charge in [-0.25, -0.2) is 0 Å². The van der Waals surface area contributed by atoms with Crippen LogP contribution in [0.15, 0.2) is 12.7 Å². The van der Waals surface area contributed by atoms with E-state index in [1.54, 1.807) is 0 Å². The summed E-state index contributed by atoms with van der Waals surface area (Å²) in [5, 5.41) is 1.58. The van der Waals surface area contributed by atoms with E-state index >= 15 is 0 Å². The van der Waals surface area contributed by atoms with Crippen molar-refractivity contribution in [3.63, 3.8) is 0 Å². The van der Waals surface area contributed by atoms with Crippen LogP contribution in [0, 0.1) is 0 Å². The molecule has 1 atom stereocenters. The molecule has 0 aromatic heterocycles. The third-order valence-corrected chi connectivity index (χ3v) is 3.77. The number of rotatable bonds is 3. The van der Waals surface area contributed by atoms with Crippen molar-refractivity contribution in [3.8, 4) is 0 Å². The van der Waals surface area contributed by atoms with Crippen molar-refractivity contribution in [3.05, 3.63) is 12.7 Å². The molecule has 0 aromatic rings. The van der Waals surface area contributed by atoms with E-state index in [1.165, 1.54) is 32.1 Å². The van der Waals surface area contributed by atoms with Gasteiger partial charge in [-0.2, -0.15) is 11.8 Å². The molecule has 11 heavy (non-hydrogen) atoms. The van der Waals surface area contributed by atoms with Gasteiger partial charge in [-0.1, -0.05) is 25.3 Å². The molecule has 1 rings (SSSR count). The van der Waals surface area contributed by atoms with Gasteiger partial charge in [0.25, 0.3) is 0 Å². The third kappa shape index (κ3) is 3.33. The summed E-state index contributed by atoms with van der Waals surface area (Å²) in [5.41, 5.74) is 0. The Morgan fingerprint density at radius 1 is 1.36 bits per heavy atom. The van der Waals surface area contributed by atoms with Crippen LogP contribution in [0.25, 0.3) is 0 Å². The first-order chi connectivity index (χ1) is 5.33. The van der Waals surface area contributed by atoms with Crippen molar-refractivity contribution in [1.29, 1.82) is 0 Å². The van der Waals surface area contributed by atoms with Crippen molar-refractivity contribution >= 4 is 11.8 Å². The first-order valence-corrected chi connectivity index (χ1v) is 5.55. The standard InChI is InChI=1S/C10H18S/c1-3-9(2)11-10-7-5-4-6-8-10/h3,9-10H,1,4-8H2,2H3. The normalized spacial score (nSPS) is 23.0. The van der Waals surface area contributed by atoms with E-state index in [-0.39, 0.29) is 0 Å². The maximum absolute atomic E-state index is 3.81. The maximum Gasteiger partial charge on any atom is 0.0198 e. The predicted molar refractivity (Wildman–Crippen MR) is 54.1 cm³/mol. The van der Waals surface area contributed by atoms with Crippen LogP contribution in [0.1, 0.15) is 39.0 Å². The van der Waals surface area contributed by atoms with E-state index < -0.39 is 0 Å². The zero-order chi connectivity index (χ0) is 8.10. The summed E-state index contributed by atoms with van der Waals surface area (Å²) in [5.74, 6) is 0. The summed E-state index contributed by atoms with van der Waals surface area (Å²) in [6.07, 6.45) is 9.27. The molecule has 0 N–H and O–H groups in total. The van der Waals surface area contributed by atoms with E-state index in [9.17, 15) is 0 Å². The van der Waals surface area contributed by atoms with Crippen LogP contribution in [-0.2, 0) is 0 Å². The van der Waals surface area contributed by atoms with Gasteiger partial charge in [0.2, 0.25) is 0 Å². The molecular formula is C10H18S. The Balaban J connectivity index is 2.18. The van der Waals surface area contributed by atoms with Gasteiger partial charge < -0.3 is 0 Å². The maximum atomic E-state index is 3.81. The van der Waals surface area contributed by atoms with E-state index in [0.717, 1.165) is 5.25 Å². The Kier molecular flexibility index (Phi) is 4.06. The SMILES string of the molecule is C=CC(C)SC1CCCCC1. The first kappa shape index (κ1) is 9.18. The Morgan fingerprint density at radius 3 is 2.55 bits per heavy atom. The Labute approximate surface area is 74.5 Å². The lowest BCUT2D eigenvalue weighted by atomic mass is 10.0. The van der Waals surface area contributed by atoms with Gasteiger partial charge in [-0.05, 0) is 19.8 Å². The van der Waals surface area contributed by atoms with Gasteiger partial charge in [0.05, 0.1) is 0 Å². The van der Waals surface area contributed by atoms with E-state index in [2.05, 4.69) is 31.3 Å². The molecule has 1 aliphatic carbocycles. The highest BCUT2D eigenvalue weighted by molar-refractivity contribution is 8.00. The summed E-state index contributed by atoms with van der Waals surface area (Å²) >= 11 is 2.10. The second-order valence-corrected chi connectivity index (χ2v) is 5.02. The van der Waals surface area contributed by atoms with Gasteiger partial charge >= 0.3 is 0 Å². The molecule has 1 unspecified atom stereocenters. The Hall–Kier alpha value is 0.0900. The molecule has 0 aliphatic heterocycles. The second-order valence-electron chi connectivity index (χ2n) is 3.34. The first-order valence-electron chi connectivity index (χ1n) is 4.61. The number of hydrogen-bond acceptors (Lipinski definition) is 1. The summed E-state index contributed by atoms with van der Waals surface area (Å²) in [7, 11) is 0. The minimum absolute atomic E-state index is 0.651. The molecule has 1 saturated carbocycles. The monoisotopic (exact) mass is 170 g/mol. The highest BCUT2D eigenvalue weighted by Gasteiger charge is 2.14. The molecule has 0 aromatic carbocycles. The zero-order valence-corrected chi connectivity index (χ0v) is 8.20. The van der Waals surface area contributed by atoms with Crippen LogP contribution >= 0.6 is 11.8 Å². The molecule has 1 aliphatic rings. The van der Waals surface area contributed by atoms with Gasteiger partial charge in [0.1, 0.15) is 0 Å². The summed E-state index contributed by atoms with van der Waals surface area (Å²) in [4.78, 5) is 0. The Bertz CT molecular complexity index is 114. The fraction of sp³-hybridized carbons (Fsp3) is 0.800. The zero-order valence-electron chi connectivity index (χ0n) is 7.38. The fourth-order valence-electron chi connectivity index (χ4n) is 1.56. The van der Waals surface area contributed by atoms with E-state index in [0.29, 0.717) is 5.25 Å². The van der Waals surface area contributed by atoms with Crippen LogP contribution in [0.5, 0.6) is 0 Å². The summed E-state index contributed by atoms with van der Waals surface area (Å²) in [6, 6.07) is 0. The minimum atomic E-state index is 0.651. The van der Waals surface area contributed by atoms with Crippen molar-refractivity contribution in [1.82, 2.24) is 0 Å². The molecule has 64 valence electrons. The average molecular weight is 170 g/mol. The topological polar surface area (TPSA) is 0 Å². The van der Waals surface area contributed by atoms with Crippen LogP contribution < -0.4 is 0 Å². The molecule has 0 heterocycles. The van der Waals surface area contributed by atoms with Crippen molar-refractivity contribution in [2.24, 2.45) is 0 Å².